The van der Waals surface area contributed by atoms with E-state index in [0.29, 0.717) is 6.42 Å². The maximum Gasteiger partial charge on any atom is 0.203 e. The first-order valence-electron chi connectivity index (χ1n) is 6.65. The van der Waals surface area contributed by atoms with Crippen molar-refractivity contribution in [2.45, 2.75) is 25.9 Å². The molecule has 0 saturated carbocycles. The molecule has 0 fully saturated rings. The molecule has 96 valence electrons. The van der Waals surface area contributed by atoms with E-state index in [1.54, 1.807) is 0 Å². The average molecular weight is 252 g/mol. The number of ketones is 1. The van der Waals surface area contributed by atoms with Gasteiger partial charge in [-0.3, -0.25) is 4.79 Å². The van der Waals surface area contributed by atoms with E-state index in [9.17, 15) is 4.79 Å². The molecule has 3 rings (SSSR count). The van der Waals surface area contributed by atoms with Gasteiger partial charge in [0.1, 0.15) is 5.75 Å². The van der Waals surface area contributed by atoms with Crippen LogP contribution in [0.25, 0.3) is 0 Å². The first kappa shape index (κ1) is 12.0. The molecule has 0 radical (unpaired) electrons. The Labute approximate surface area is 113 Å². The smallest absolute Gasteiger partial charge is 0.203 e. The van der Waals surface area contributed by atoms with E-state index < -0.39 is 0 Å². The predicted octanol–water partition coefficient (Wildman–Crippen LogP) is 3.44. The molecule has 1 aliphatic heterocycles. The summed E-state index contributed by atoms with van der Waals surface area (Å²) >= 11 is 0. The van der Waals surface area contributed by atoms with E-state index >= 15 is 0 Å². The molecular weight excluding hydrogens is 236 g/mol. The van der Waals surface area contributed by atoms with Gasteiger partial charge in [0.2, 0.25) is 5.78 Å². The van der Waals surface area contributed by atoms with Crippen LogP contribution in [0, 0.1) is 0 Å². The number of fused-ring (bicyclic) bond motifs is 1. The summed E-state index contributed by atoms with van der Waals surface area (Å²) in [6.45, 7) is 2.09. The van der Waals surface area contributed by atoms with Gasteiger partial charge in [-0.15, -0.1) is 0 Å². The molecule has 1 atom stereocenters. The summed E-state index contributed by atoms with van der Waals surface area (Å²) in [5.41, 5.74) is 3.05. The van der Waals surface area contributed by atoms with E-state index in [0.717, 1.165) is 23.3 Å². The second-order valence-corrected chi connectivity index (χ2v) is 4.84. The lowest BCUT2D eigenvalue weighted by atomic mass is 10.00. The lowest BCUT2D eigenvalue weighted by Crippen LogP contribution is -2.25. The topological polar surface area (TPSA) is 26.3 Å². The van der Waals surface area contributed by atoms with Gasteiger partial charge in [-0.05, 0) is 29.7 Å². The van der Waals surface area contributed by atoms with Crippen molar-refractivity contribution in [2.75, 3.05) is 0 Å². The van der Waals surface area contributed by atoms with E-state index in [2.05, 4.69) is 6.92 Å². The normalized spacial score (nSPS) is 16.8. The predicted molar refractivity (Wildman–Crippen MR) is 74.7 cm³/mol. The van der Waals surface area contributed by atoms with Gasteiger partial charge in [-0.25, -0.2) is 0 Å². The summed E-state index contributed by atoms with van der Waals surface area (Å²) in [7, 11) is 0. The van der Waals surface area contributed by atoms with Gasteiger partial charge in [0.25, 0.3) is 0 Å². The number of hydrogen-bond acceptors (Lipinski definition) is 2. The molecule has 0 aromatic heterocycles. The summed E-state index contributed by atoms with van der Waals surface area (Å²) in [5.74, 6) is 0.916. The molecule has 0 spiro atoms. The molecule has 1 heterocycles. The molecule has 2 aromatic rings. The number of benzene rings is 2. The Morgan fingerprint density at radius 3 is 2.84 bits per heavy atom. The van der Waals surface area contributed by atoms with Crippen molar-refractivity contribution in [3.63, 3.8) is 0 Å². The minimum atomic E-state index is -0.371. The number of aryl methyl sites for hydroxylation is 1. The minimum Gasteiger partial charge on any atom is -0.482 e. The lowest BCUT2D eigenvalue weighted by Gasteiger charge is -2.10. The molecule has 2 aromatic carbocycles. The molecule has 1 aliphatic rings. The molecule has 0 bridgehead atoms. The molecular formula is C17H16O2. The molecule has 1 unspecified atom stereocenters. The summed E-state index contributed by atoms with van der Waals surface area (Å²) in [4.78, 5) is 12.5. The zero-order valence-electron chi connectivity index (χ0n) is 10.9. The third-order valence-electron chi connectivity index (χ3n) is 3.56. The van der Waals surface area contributed by atoms with Crippen LogP contribution in [-0.4, -0.2) is 11.9 Å². The van der Waals surface area contributed by atoms with Crippen LogP contribution >= 0.6 is 0 Å². The van der Waals surface area contributed by atoms with E-state index in [4.69, 9.17) is 4.74 Å². The van der Waals surface area contributed by atoms with Gasteiger partial charge in [0.05, 0.1) is 0 Å². The number of hydrogen-bond donors (Lipinski definition) is 0. The Balaban J connectivity index is 1.83. The molecule has 19 heavy (non-hydrogen) atoms. The van der Waals surface area contributed by atoms with E-state index in [1.165, 1.54) is 5.56 Å². The summed E-state index contributed by atoms with van der Waals surface area (Å²) in [5, 5.41) is 0. The van der Waals surface area contributed by atoms with Crippen molar-refractivity contribution in [1.82, 2.24) is 0 Å². The Hall–Kier alpha value is -2.09. The van der Waals surface area contributed by atoms with Crippen molar-refractivity contribution < 1.29 is 9.53 Å². The largest absolute Gasteiger partial charge is 0.482 e. The van der Waals surface area contributed by atoms with Gasteiger partial charge in [-0.2, -0.15) is 0 Å². The fourth-order valence-corrected chi connectivity index (χ4v) is 2.46. The summed E-state index contributed by atoms with van der Waals surface area (Å²) in [6.07, 6.45) is 1.24. The highest BCUT2D eigenvalue weighted by atomic mass is 16.5. The maximum absolute atomic E-state index is 12.5. The third kappa shape index (κ3) is 2.26. The van der Waals surface area contributed by atoms with Crippen LogP contribution in [0.15, 0.2) is 48.5 Å². The van der Waals surface area contributed by atoms with Crippen molar-refractivity contribution in [3.8, 4) is 5.75 Å². The Bertz CT molecular complexity index is 591. The molecule has 0 aliphatic carbocycles. The first-order valence-corrected chi connectivity index (χ1v) is 6.65. The number of ether oxygens (including phenoxy) is 1. The Kier molecular flexibility index (Phi) is 3.08. The fraction of sp³-hybridized carbons (Fsp3) is 0.235. The number of rotatable bonds is 3. The third-order valence-corrected chi connectivity index (χ3v) is 3.56. The van der Waals surface area contributed by atoms with Crippen LogP contribution in [-0.2, 0) is 12.8 Å². The van der Waals surface area contributed by atoms with Crippen LogP contribution in [0.2, 0.25) is 0 Å². The SMILES string of the molecule is CCc1cccc(C(=O)C2Cc3ccccc3O2)c1. The van der Waals surface area contributed by atoms with Gasteiger partial charge in [0, 0.05) is 12.0 Å². The molecule has 0 saturated heterocycles. The standard InChI is InChI=1S/C17H16O2/c1-2-12-6-5-8-14(10-12)17(18)16-11-13-7-3-4-9-15(13)19-16/h3-10,16H,2,11H2,1H3. The van der Waals surface area contributed by atoms with Crippen LogP contribution < -0.4 is 4.74 Å². The highest BCUT2D eigenvalue weighted by Gasteiger charge is 2.29. The minimum absolute atomic E-state index is 0.0755. The molecule has 0 N–H and O–H groups in total. The molecule has 2 nitrogen and oxygen atoms in total. The highest BCUT2D eigenvalue weighted by Crippen LogP contribution is 2.29. The molecule has 2 heteroatoms. The van der Waals surface area contributed by atoms with Crippen molar-refractivity contribution in [2.24, 2.45) is 0 Å². The fourth-order valence-electron chi connectivity index (χ4n) is 2.46. The number of Topliss-reactive ketones (excluding diaryl/α,β-unsaturated/α-hetero) is 1. The lowest BCUT2D eigenvalue weighted by molar-refractivity contribution is 0.0824. The zero-order chi connectivity index (χ0) is 13.2. The highest BCUT2D eigenvalue weighted by molar-refractivity contribution is 6.00. The maximum atomic E-state index is 12.5. The van der Waals surface area contributed by atoms with Crippen LogP contribution in [0.4, 0.5) is 0 Å². The second kappa shape index (κ2) is 4.88. The molecule has 0 amide bonds. The zero-order valence-corrected chi connectivity index (χ0v) is 10.9. The van der Waals surface area contributed by atoms with Crippen molar-refractivity contribution >= 4 is 5.78 Å². The van der Waals surface area contributed by atoms with Gasteiger partial charge >= 0.3 is 0 Å². The van der Waals surface area contributed by atoms with Crippen LogP contribution in [0.3, 0.4) is 0 Å². The first-order chi connectivity index (χ1) is 9.28. The van der Waals surface area contributed by atoms with E-state index in [-0.39, 0.29) is 11.9 Å². The Morgan fingerprint density at radius 1 is 1.21 bits per heavy atom. The number of carbonyl (C=O) groups is 1. The van der Waals surface area contributed by atoms with Gasteiger partial charge < -0.3 is 4.74 Å². The van der Waals surface area contributed by atoms with E-state index in [1.807, 2.05) is 48.5 Å². The Morgan fingerprint density at radius 2 is 2.05 bits per heavy atom. The average Bonchev–Trinajstić information content (AvgIpc) is 2.90. The monoisotopic (exact) mass is 252 g/mol. The summed E-state index contributed by atoms with van der Waals surface area (Å²) < 4.78 is 5.75. The summed E-state index contributed by atoms with van der Waals surface area (Å²) in [6, 6.07) is 15.7. The second-order valence-electron chi connectivity index (χ2n) is 4.84. The van der Waals surface area contributed by atoms with Crippen LogP contribution in [0.5, 0.6) is 5.75 Å². The number of carbonyl (C=O) groups excluding carboxylic acids is 1. The van der Waals surface area contributed by atoms with Crippen molar-refractivity contribution in [3.05, 3.63) is 65.2 Å². The van der Waals surface area contributed by atoms with Gasteiger partial charge in [0.15, 0.2) is 6.10 Å². The quantitative estimate of drug-likeness (QED) is 0.782. The number of para-hydroxylation sites is 1. The van der Waals surface area contributed by atoms with Crippen LogP contribution in [0.1, 0.15) is 28.4 Å². The van der Waals surface area contributed by atoms with Crippen molar-refractivity contribution in [1.29, 1.82) is 0 Å². The van der Waals surface area contributed by atoms with Gasteiger partial charge in [-0.1, -0.05) is 43.3 Å².